The number of hydrogen-bond acceptors (Lipinski definition) is 5. The third-order valence-corrected chi connectivity index (χ3v) is 3.88. The molecule has 0 aliphatic carbocycles. The van der Waals surface area contributed by atoms with Crippen LogP contribution in [0.3, 0.4) is 0 Å². The summed E-state index contributed by atoms with van der Waals surface area (Å²) in [7, 11) is 1.65. The van der Waals surface area contributed by atoms with Crippen molar-refractivity contribution in [3.8, 4) is 5.75 Å². The maximum Gasteiger partial charge on any atom is 0.142 e. The van der Waals surface area contributed by atoms with E-state index in [-0.39, 0.29) is 0 Å². The summed E-state index contributed by atoms with van der Waals surface area (Å²) < 4.78 is 5.36. The van der Waals surface area contributed by atoms with Crippen LogP contribution in [0.2, 0.25) is 0 Å². The van der Waals surface area contributed by atoms with Crippen molar-refractivity contribution in [2.75, 3.05) is 17.7 Å². The quantitative estimate of drug-likeness (QED) is 0.657. The number of methoxy groups -OCH3 is 1. The Hall–Kier alpha value is -3.08. The Labute approximate surface area is 148 Å². The van der Waals surface area contributed by atoms with Gasteiger partial charge in [-0.1, -0.05) is 44.2 Å². The Morgan fingerprint density at radius 3 is 2.12 bits per heavy atom. The topological polar surface area (TPSA) is 59.1 Å². The summed E-state index contributed by atoms with van der Waals surface area (Å²) >= 11 is 0. The third kappa shape index (κ3) is 4.07. The molecule has 3 aromatic rings. The molecule has 0 saturated carbocycles. The molecule has 1 heterocycles. The number of aromatic nitrogens is 2. The van der Waals surface area contributed by atoms with E-state index in [0.717, 1.165) is 22.9 Å². The number of nitrogens with zero attached hydrogens (tertiary/aromatic N) is 2. The van der Waals surface area contributed by atoms with Crippen LogP contribution in [-0.2, 0) is 0 Å². The Bertz CT molecular complexity index is 848. The van der Waals surface area contributed by atoms with Gasteiger partial charge in [-0.15, -0.1) is 0 Å². The molecule has 128 valence electrons. The number of rotatable bonds is 6. The smallest absolute Gasteiger partial charge is 0.142 e. The van der Waals surface area contributed by atoms with Gasteiger partial charge in [0, 0.05) is 11.8 Å². The largest absolute Gasteiger partial charge is 0.495 e. The van der Waals surface area contributed by atoms with E-state index in [1.807, 2.05) is 36.4 Å². The fourth-order valence-electron chi connectivity index (χ4n) is 2.63. The first kappa shape index (κ1) is 16.8. The molecule has 0 aliphatic heterocycles. The number of hydrogen-bond donors (Lipinski definition) is 2. The van der Waals surface area contributed by atoms with Crippen molar-refractivity contribution in [1.29, 1.82) is 0 Å². The molecule has 5 nitrogen and oxygen atoms in total. The molecule has 0 spiro atoms. The first-order chi connectivity index (χ1) is 12.2. The van der Waals surface area contributed by atoms with E-state index in [9.17, 15) is 0 Å². The minimum Gasteiger partial charge on any atom is -0.495 e. The lowest BCUT2D eigenvalue weighted by atomic mass is 10.0. The van der Waals surface area contributed by atoms with E-state index in [0.29, 0.717) is 11.7 Å². The second-order valence-electron chi connectivity index (χ2n) is 5.98. The SMILES string of the molecule is COc1ccccc1Nc1cc(Nc2ccccc2C(C)C)ncn1. The van der Waals surface area contributed by atoms with Gasteiger partial charge in [-0.3, -0.25) is 0 Å². The molecular formula is C20H22N4O. The lowest BCUT2D eigenvalue weighted by molar-refractivity contribution is 0.417. The van der Waals surface area contributed by atoms with Crippen LogP contribution in [0.5, 0.6) is 5.75 Å². The summed E-state index contributed by atoms with van der Waals surface area (Å²) in [5.41, 5.74) is 3.16. The molecule has 3 rings (SSSR count). The number of nitrogens with one attached hydrogen (secondary N) is 2. The highest BCUT2D eigenvalue weighted by Crippen LogP contribution is 2.29. The lowest BCUT2D eigenvalue weighted by Crippen LogP contribution is -2.02. The number of para-hydroxylation sites is 3. The zero-order valence-electron chi connectivity index (χ0n) is 14.7. The molecule has 0 aliphatic rings. The summed E-state index contributed by atoms with van der Waals surface area (Å²) in [5.74, 6) is 2.63. The van der Waals surface area contributed by atoms with Crippen LogP contribution < -0.4 is 15.4 Å². The number of benzene rings is 2. The van der Waals surface area contributed by atoms with Gasteiger partial charge in [-0.05, 0) is 29.7 Å². The number of ether oxygens (including phenoxy) is 1. The molecule has 0 atom stereocenters. The molecule has 0 amide bonds. The van der Waals surface area contributed by atoms with Crippen LogP contribution in [0, 0.1) is 0 Å². The van der Waals surface area contributed by atoms with Gasteiger partial charge in [0.15, 0.2) is 0 Å². The average Bonchev–Trinajstić information content (AvgIpc) is 2.63. The molecule has 2 N–H and O–H groups in total. The fourth-order valence-corrected chi connectivity index (χ4v) is 2.63. The zero-order chi connectivity index (χ0) is 17.6. The maximum absolute atomic E-state index is 5.36. The molecule has 5 heteroatoms. The fraction of sp³-hybridized carbons (Fsp3) is 0.200. The van der Waals surface area contributed by atoms with Crippen LogP contribution >= 0.6 is 0 Å². The number of anilines is 4. The Morgan fingerprint density at radius 2 is 1.44 bits per heavy atom. The van der Waals surface area contributed by atoms with Crippen molar-refractivity contribution < 1.29 is 4.74 Å². The molecular weight excluding hydrogens is 312 g/mol. The highest BCUT2D eigenvalue weighted by atomic mass is 16.5. The minimum atomic E-state index is 0.428. The Kier molecular flexibility index (Phi) is 5.14. The van der Waals surface area contributed by atoms with E-state index < -0.39 is 0 Å². The highest BCUT2D eigenvalue weighted by molar-refractivity contribution is 5.68. The van der Waals surface area contributed by atoms with Gasteiger partial charge in [0.25, 0.3) is 0 Å². The normalized spacial score (nSPS) is 10.6. The molecule has 0 unspecified atom stereocenters. The van der Waals surface area contributed by atoms with Crippen LogP contribution in [0.1, 0.15) is 25.3 Å². The minimum absolute atomic E-state index is 0.428. The van der Waals surface area contributed by atoms with Crippen LogP contribution in [0.15, 0.2) is 60.9 Å². The second-order valence-corrected chi connectivity index (χ2v) is 5.98. The Balaban J connectivity index is 1.83. The highest BCUT2D eigenvalue weighted by Gasteiger charge is 2.08. The monoisotopic (exact) mass is 334 g/mol. The van der Waals surface area contributed by atoms with Gasteiger partial charge >= 0.3 is 0 Å². The predicted octanol–water partition coefficient (Wildman–Crippen LogP) is 5.10. The zero-order valence-corrected chi connectivity index (χ0v) is 14.7. The molecule has 0 radical (unpaired) electrons. The van der Waals surface area contributed by atoms with Gasteiger partial charge in [-0.25, -0.2) is 9.97 Å². The van der Waals surface area contributed by atoms with Crippen molar-refractivity contribution in [1.82, 2.24) is 9.97 Å². The summed E-state index contributed by atoms with van der Waals surface area (Å²) in [6.07, 6.45) is 1.54. The van der Waals surface area contributed by atoms with E-state index in [4.69, 9.17) is 4.74 Å². The lowest BCUT2D eigenvalue weighted by Gasteiger charge is -2.15. The van der Waals surface area contributed by atoms with Crippen LogP contribution in [-0.4, -0.2) is 17.1 Å². The Morgan fingerprint density at radius 1 is 0.840 bits per heavy atom. The van der Waals surface area contributed by atoms with Crippen molar-refractivity contribution >= 4 is 23.0 Å². The predicted molar refractivity (Wildman–Crippen MR) is 102 cm³/mol. The van der Waals surface area contributed by atoms with E-state index in [2.05, 4.69) is 52.6 Å². The molecule has 0 saturated heterocycles. The van der Waals surface area contributed by atoms with Gasteiger partial charge in [0.05, 0.1) is 12.8 Å². The van der Waals surface area contributed by atoms with Crippen LogP contribution in [0.25, 0.3) is 0 Å². The van der Waals surface area contributed by atoms with E-state index in [1.165, 1.54) is 11.9 Å². The van der Waals surface area contributed by atoms with E-state index >= 15 is 0 Å². The summed E-state index contributed by atoms with van der Waals surface area (Å²) in [4.78, 5) is 8.62. The first-order valence-corrected chi connectivity index (χ1v) is 8.25. The molecule has 25 heavy (non-hydrogen) atoms. The summed E-state index contributed by atoms with van der Waals surface area (Å²) in [5, 5.41) is 6.66. The van der Waals surface area contributed by atoms with Crippen molar-refractivity contribution in [3.05, 3.63) is 66.5 Å². The third-order valence-electron chi connectivity index (χ3n) is 3.88. The van der Waals surface area contributed by atoms with Gasteiger partial charge in [0.1, 0.15) is 23.7 Å². The van der Waals surface area contributed by atoms with Gasteiger partial charge < -0.3 is 15.4 Å². The second kappa shape index (κ2) is 7.66. The van der Waals surface area contributed by atoms with Crippen molar-refractivity contribution in [2.24, 2.45) is 0 Å². The van der Waals surface area contributed by atoms with Crippen molar-refractivity contribution in [3.63, 3.8) is 0 Å². The molecule has 0 fully saturated rings. The van der Waals surface area contributed by atoms with Gasteiger partial charge in [0.2, 0.25) is 0 Å². The van der Waals surface area contributed by atoms with E-state index in [1.54, 1.807) is 7.11 Å². The standard InChI is InChI=1S/C20H22N4O/c1-14(2)15-8-4-5-9-16(15)23-19-12-20(22-13-21-19)24-17-10-6-7-11-18(17)25-3/h4-14H,1-3H3,(H2,21,22,23,24). The summed E-state index contributed by atoms with van der Waals surface area (Å²) in [6.45, 7) is 4.35. The van der Waals surface area contributed by atoms with Crippen molar-refractivity contribution in [2.45, 2.75) is 19.8 Å². The molecule has 0 bridgehead atoms. The molecule has 1 aromatic heterocycles. The first-order valence-electron chi connectivity index (χ1n) is 8.25. The van der Waals surface area contributed by atoms with Crippen LogP contribution in [0.4, 0.5) is 23.0 Å². The molecule has 2 aromatic carbocycles. The van der Waals surface area contributed by atoms with Gasteiger partial charge in [-0.2, -0.15) is 0 Å². The maximum atomic E-state index is 5.36. The average molecular weight is 334 g/mol. The summed E-state index contributed by atoms with van der Waals surface area (Å²) in [6, 6.07) is 17.9.